The van der Waals surface area contributed by atoms with Crippen molar-refractivity contribution >= 4 is 28.6 Å². The second kappa shape index (κ2) is 3.84. The maximum atomic E-state index is 8.88. The van der Waals surface area contributed by atoms with Crippen molar-refractivity contribution in [3.63, 3.8) is 0 Å². The fraction of sp³-hybridized carbons (Fsp3) is 0. The lowest BCUT2D eigenvalue weighted by Crippen LogP contribution is -1.89. The van der Waals surface area contributed by atoms with Gasteiger partial charge in [-0.25, -0.2) is 0 Å². The summed E-state index contributed by atoms with van der Waals surface area (Å²) in [6.45, 7) is 0. The summed E-state index contributed by atoms with van der Waals surface area (Å²) in [6, 6.07) is 7.38. The summed E-state index contributed by atoms with van der Waals surface area (Å²) in [4.78, 5) is 0.856. The van der Waals surface area contributed by atoms with Crippen molar-refractivity contribution in [3.05, 3.63) is 40.4 Å². The molecule has 6 heteroatoms. The van der Waals surface area contributed by atoms with Crippen LogP contribution >= 0.6 is 22.9 Å². The molecule has 82 valence electrons. The Bertz CT molecular complexity index is 737. The lowest BCUT2D eigenvalue weighted by Gasteiger charge is -1.98. The average molecular weight is 261 g/mol. The summed E-state index contributed by atoms with van der Waals surface area (Å²) < 4.78 is 1.77. The summed E-state index contributed by atoms with van der Waals surface area (Å²) in [6.07, 6.45) is 1.71. The van der Waals surface area contributed by atoms with Crippen LogP contribution < -0.4 is 0 Å². The van der Waals surface area contributed by atoms with Crippen LogP contribution in [0.3, 0.4) is 0 Å². The average Bonchev–Trinajstić information content (AvgIpc) is 2.94. The Morgan fingerprint density at radius 2 is 2.18 bits per heavy atom. The van der Waals surface area contributed by atoms with E-state index in [9.17, 15) is 0 Å². The van der Waals surface area contributed by atoms with Crippen LogP contribution in [0.15, 0.2) is 29.8 Å². The highest BCUT2D eigenvalue weighted by atomic mass is 35.5. The molecular weight excluding hydrogens is 256 g/mol. The maximum absolute atomic E-state index is 8.88. The molecule has 0 aliphatic heterocycles. The van der Waals surface area contributed by atoms with Crippen LogP contribution in [-0.2, 0) is 0 Å². The summed E-state index contributed by atoms with van der Waals surface area (Å²) in [5.41, 5.74) is 1.26. The van der Waals surface area contributed by atoms with Crippen LogP contribution in [-0.4, -0.2) is 14.6 Å². The predicted octanol–water partition coefficient (Wildman–Crippen LogP) is 2.98. The van der Waals surface area contributed by atoms with E-state index in [0.717, 1.165) is 4.88 Å². The van der Waals surface area contributed by atoms with E-state index in [0.29, 0.717) is 22.1 Å². The van der Waals surface area contributed by atoms with Gasteiger partial charge in [0.2, 0.25) is 0 Å². The first-order chi connectivity index (χ1) is 8.29. The molecule has 0 spiro atoms. The molecule has 0 saturated heterocycles. The third-order valence-electron chi connectivity index (χ3n) is 2.35. The van der Waals surface area contributed by atoms with Gasteiger partial charge in [0.25, 0.3) is 0 Å². The predicted molar refractivity (Wildman–Crippen MR) is 66.0 cm³/mol. The number of aromatic nitrogens is 3. The lowest BCUT2D eigenvalue weighted by atomic mass is 10.3. The lowest BCUT2D eigenvalue weighted by molar-refractivity contribution is 1.12. The van der Waals surface area contributed by atoms with Crippen LogP contribution in [0, 0.1) is 11.3 Å². The third-order valence-corrected chi connectivity index (χ3v) is 3.69. The standard InChI is InChI=1S/C11H5ClN4S/c12-8-3-4-17-10(8)11-15-14-9-2-1-7(5-13)6-16(9)11/h1-4,6H. The first kappa shape index (κ1) is 10.3. The largest absolute Gasteiger partial charge is 0.280 e. The Labute approximate surface area is 106 Å². The smallest absolute Gasteiger partial charge is 0.180 e. The van der Waals surface area contributed by atoms with Crippen molar-refractivity contribution in [1.82, 2.24) is 14.6 Å². The summed E-state index contributed by atoms with van der Waals surface area (Å²) in [7, 11) is 0. The van der Waals surface area contributed by atoms with Gasteiger partial charge in [0.15, 0.2) is 11.5 Å². The van der Waals surface area contributed by atoms with Crippen molar-refractivity contribution in [3.8, 4) is 16.8 Å². The van der Waals surface area contributed by atoms with E-state index in [1.807, 2.05) is 11.4 Å². The van der Waals surface area contributed by atoms with Crippen molar-refractivity contribution in [1.29, 1.82) is 5.26 Å². The normalized spacial score (nSPS) is 10.6. The van der Waals surface area contributed by atoms with E-state index >= 15 is 0 Å². The minimum Gasteiger partial charge on any atom is -0.280 e. The minimum absolute atomic E-state index is 0.561. The third kappa shape index (κ3) is 1.58. The van der Waals surface area contributed by atoms with Crippen LogP contribution in [0.1, 0.15) is 5.56 Å². The molecule has 0 fully saturated rings. The zero-order chi connectivity index (χ0) is 11.8. The number of hydrogen-bond acceptors (Lipinski definition) is 4. The Morgan fingerprint density at radius 3 is 2.88 bits per heavy atom. The summed E-state index contributed by atoms with van der Waals surface area (Å²) >= 11 is 7.57. The number of fused-ring (bicyclic) bond motifs is 1. The number of rotatable bonds is 1. The molecule has 0 aliphatic carbocycles. The minimum atomic E-state index is 0.561. The molecule has 4 nitrogen and oxygen atoms in total. The molecule has 0 unspecified atom stereocenters. The maximum Gasteiger partial charge on any atom is 0.180 e. The zero-order valence-corrected chi connectivity index (χ0v) is 10.0. The highest BCUT2D eigenvalue weighted by Gasteiger charge is 2.12. The summed E-state index contributed by atoms with van der Waals surface area (Å²) in [5.74, 6) is 0.664. The van der Waals surface area contributed by atoms with Gasteiger partial charge in [0, 0.05) is 6.20 Å². The molecule has 0 amide bonds. The van der Waals surface area contributed by atoms with Crippen LogP contribution in [0.4, 0.5) is 0 Å². The van der Waals surface area contributed by atoms with Gasteiger partial charge in [-0.15, -0.1) is 21.5 Å². The van der Waals surface area contributed by atoms with Gasteiger partial charge in [-0.1, -0.05) is 11.6 Å². The van der Waals surface area contributed by atoms with E-state index in [1.165, 1.54) is 11.3 Å². The molecule has 0 saturated carbocycles. The molecule has 0 N–H and O–H groups in total. The number of hydrogen-bond donors (Lipinski definition) is 0. The molecule has 0 aromatic carbocycles. The highest BCUT2D eigenvalue weighted by molar-refractivity contribution is 7.14. The Morgan fingerprint density at radius 1 is 1.29 bits per heavy atom. The van der Waals surface area contributed by atoms with E-state index in [-0.39, 0.29) is 0 Å². The monoisotopic (exact) mass is 260 g/mol. The van der Waals surface area contributed by atoms with E-state index in [2.05, 4.69) is 16.3 Å². The van der Waals surface area contributed by atoms with Gasteiger partial charge in [0.1, 0.15) is 6.07 Å². The number of nitrogens with zero attached hydrogens (tertiary/aromatic N) is 4. The van der Waals surface area contributed by atoms with Crippen LogP contribution in [0.5, 0.6) is 0 Å². The first-order valence-electron chi connectivity index (χ1n) is 4.78. The topological polar surface area (TPSA) is 54.0 Å². The number of thiophene rings is 1. The Hall–Kier alpha value is -1.90. The summed E-state index contributed by atoms with van der Waals surface area (Å²) in [5, 5.41) is 19.6. The molecule has 17 heavy (non-hydrogen) atoms. The quantitative estimate of drug-likeness (QED) is 0.676. The molecule has 0 atom stereocenters. The van der Waals surface area contributed by atoms with Crippen LogP contribution in [0.2, 0.25) is 5.02 Å². The number of halogens is 1. The Kier molecular flexibility index (Phi) is 2.32. The Balaban J connectivity index is 2.31. The second-order valence-corrected chi connectivity index (χ2v) is 4.70. The van der Waals surface area contributed by atoms with Crippen molar-refractivity contribution in [2.45, 2.75) is 0 Å². The fourth-order valence-corrected chi connectivity index (χ4v) is 2.69. The van der Waals surface area contributed by atoms with Gasteiger partial charge < -0.3 is 0 Å². The fourth-order valence-electron chi connectivity index (χ4n) is 1.57. The number of nitriles is 1. The highest BCUT2D eigenvalue weighted by Crippen LogP contribution is 2.32. The van der Waals surface area contributed by atoms with E-state index in [4.69, 9.17) is 16.9 Å². The van der Waals surface area contributed by atoms with Crippen molar-refractivity contribution < 1.29 is 0 Å². The van der Waals surface area contributed by atoms with Crippen molar-refractivity contribution in [2.24, 2.45) is 0 Å². The zero-order valence-electron chi connectivity index (χ0n) is 8.46. The van der Waals surface area contributed by atoms with Gasteiger partial charge in [-0.05, 0) is 23.6 Å². The second-order valence-electron chi connectivity index (χ2n) is 3.38. The molecule has 0 aliphatic rings. The van der Waals surface area contributed by atoms with E-state index in [1.54, 1.807) is 22.7 Å². The van der Waals surface area contributed by atoms with Crippen molar-refractivity contribution in [2.75, 3.05) is 0 Å². The van der Waals surface area contributed by atoms with Gasteiger partial charge in [-0.3, -0.25) is 4.40 Å². The van der Waals surface area contributed by atoms with E-state index < -0.39 is 0 Å². The molecular formula is C11H5ClN4S. The molecule has 0 radical (unpaired) electrons. The SMILES string of the molecule is N#Cc1ccc2nnc(-c3sccc3Cl)n2c1. The molecule has 3 rings (SSSR count). The number of pyridine rings is 1. The molecule has 3 aromatic rings. The van der Waals surface area contributed by atoms with Gasteiger partial charge in [0.05, 0.1) is 15.5 Å². The van der Waals surface area contributed by atoms with Crippen LogP contribution in [0.25, 0.3) is 16.3 Å². The van der Waals surface area contributed by atoms with Gasteiger partial charge in [-0.2, -0.15) is 5.26 Å². The first-order valence-corrected chi connectivity index (χ1v) is 6.03. The molecule has 3 heterocycles. The van der Waals surface area contributed by atoms with Gasteiger partial charge >= 0.3 is 0 Å². The molecule has 0 bridgehead atoms. The molecule has 3 aromatic heterocycles.